The number of sulfonamides is 1. The third kappa shape index (κ3) is 4.07. The highest BCUT2D eigenvalue weighted by Gasteiger charge is 2.35. The van der Waals surface area contributed by atoms with Crippen molar-refractivity contribution in [1.82, 2.24) is 9.62 Å². The number of amides is 2. The molecule has 0 spiro atoms. The molecule has 1 aromatic carbocycles. The molecule has 26 heavy (non-hydrogen) atoms. The van der Waals surface area contributed by atoms with E-state index in [-0.39, 0.29) is 37.1 Å². The molecular formula is C18H25N3O4S. The van der Waals surface area contributed by atoms with Crippen LogP contribution in [0.3, 0.4) is 0 Å². The Hall–Kier alpha value is -1.93. The number of anilines is 1. The maximum Gasteiger partial charge on any atom is 0.227 e. The number of benzene rings is 1. The van der Waals surface area contributed by atoms with Gasteiger partial charge < -0.3 is 10.2 Å². The van der Waals surface area contributed by atoms with Crippen molar-refractivity contribution in [2.45, 2.75) is 26.2 Å². The zero-order valence-electron chi connectivity index (χ0n) is 15.0. The van der Waals surface area contributed by atoms with Gasteiger partial charge in [0.2, 0.25) is 21.8 Å². The third-order valence-corrected chi connectivity index (χ3v) is 6.97. The van der Waals surface area contributed by atoms with E-state index in [0.717, 1.165) is 12.1 Å². The normalized spacial score (nSPS) is 22.7. The SMILES string of the molecule is CCc1ccc(N2CC(C(=O)NCCN3CCCS3(=O)=O)CC2=O)cc1. The molecule has 0 radical (unpaired) electrons. The average molecular weight is 379 g/mol. The van der Waals surface area contributed by atoms with Crippen molar-refractivity contribution >= 4 is 27.5 Å². The molecule has 0 bridgehead atoms. The van der Waals surface area contributed by atoms with Crippen LogP contribution in [0.2, 0.25) is 0 Å². The minimum Gasteiger partial charge on any atom is -0.354 e. The van der Waals surface area contributed by atoms with E-state index in [0.29, 0.717) is 19.5 Å². The molecule has 1 atom stereocenters. The van der Waals surface area contributed by atoms with Gasteiger partial charge in [-0.2, -0.15) is 0 Å². The fraction of sp³-hybridized carbons (Fsp3) is 0.556. The van der Waals surface area contributed by atoms with Crippen molar-refractivity contribution in [2.75, 3.05) is 36.8 Å². The summed E-state index contributed by atoms with van der Waals surface area (Å²) < 4.78 is 24.9. The summed E-state index contributed by atoms with van der Waals surface area (Å²) in [6, 6.07) is 7.81. The Labute approximate surface area is 154 Å². The fourth-order valence-electron chi connectivity index (χ4n) is 3.43. The lowest BCUT2D eigenvalue weighted by Gasteiger charge is -2.18. The Morgan fingerprint density at radius 2 is 2.00 bits per heavy atom. The largest absolute Gasteiger partial charge is 0.354 e. The first-order chi connectivity index (χ1) is 12.4. The van der Waals surface area contributed by atoms with E-state index in [1.807, 2.05) is 24.3 Å². The van der Waals surface area contributed by atoms with E-state index in [9.17, 15) is 18.0 Å². The Kier molecular flexibility index (Phi) is 5.62. The highest BCUT2D eigenvalue weighted by atomic mass is 32.2. The van der Waals surface area contributed by atoms with Crippen LogP contribution in [0.5, 0.6) is 0 Å². The maximum atomic E-state index is 12.3. The summed E-state index contributed by atoms with van der Waals surface area (Å²) in [7, 11) is -3.14. The first-order valence-corrected chi connectivity index (χ1v) is 10.7. The number of aryl methyl sites for hydroxylation is 1. The van der Waals surface area contributed by atoms with Gasteiger partial charge in [-0.15, -0.1) is 0 Å². The van der Waals surface area contributed by atoms with Crippen molar-refractivity contribution in [3.63, 3.8) is 0 Å². The van der Waals surface area contributed by atoms with Crippen molar-refractivity contribution in [2.24, 2.45) is 5.92 Å². The first-order valence-electron chi connectivity index (χ1n) is 9.05. The molecular weight excluding hydrogens is 354 g/mol. The van der Waals surface area contributed by atoms with Crippen LogP contribution in [0.15, 0.2) is 24.3 Å². The summed E-state index contributed by atoms with van der Waals surface area (Å²) in [6.45, 7) is 3.51. The second-order valence-corrected chi connectivity index (χ2v) is 8.87. The minimum atomic E-state index is -3.14. The molecule has 7 nitrogen and oxygen atoms in total. The van der Waals surface area contributed by atoms with Gasteiger partial charge in [-0.1, -0.05) is 19.1 Å². The zero-order valence-corrected chi connectivity index (χ0v) is 15.8. The Morgan fingerprint density at radius 3 is 2.62 bits per heavy atom. The summed E-state index contributed by atoms with van der Waals surface area (Å²) in [6.07, 6.45) is 1.76. The molecule has 2 heterocycles. The summed E-state index contributed by atoms with van der Waals surface area (Å²) in [5.41, 5.74) is 2.01. The minimum absolute atomic E-state index is 0.0588. The molecule has 1 unspecified atom stereocenters. The number of rotatable bonds is 6. The first kappa shape index (κ1) is 18.8. The molecule has 2 aliphatic rings. The zero-order chi connectivity index (χ0) is 18.7. The van der Waals surface area contributed by atoms with E-state index >= 15 is 0 Å². The second-order valence-electron chi connectivity index (χ2n) is 6.79. The van der Waals surface area contributed by atoms with E-state index in [4.69, 9.17) is 0 Å². The monoisotopic (exact) mass is 379 g/mol. The Morgan fingerprint density at radius 1 is 1.27 bits per heavy atom. The Balaban J connectivity index is 1.52. The summed E-state index contributed by atoms with van der Waals surface area (Å²) in [5.74, 6) is -0.466. The number of carbonyl (C=O) groups excluding carboxylic acids is 2. The van der Waals surface area contributed by atoms with E-state index < -0.39 is 15.9 Å². The van der Waals surface area contributed by atoms with Crippen LogP contribution in [-0.4, -0.2) is 56.5 Å². The highest BCUT2D eigenvalue weighted by molar-refractivity contribution is 7.89. The lowest BCUT2D eigenvalue weighted by molar-refractivity contribution is -0.126. The third-order valence-electron chi connectivity index (χ3n) is 5.02. The van der Waals surface area contributed by atoms with E-state index in [1.54, 1.807) is 4.90 Å². The van der Waals surface area contributed by atoms with Crippen molar-refractivity contribution in [1.29, 1.82) is 0 Å². The molecule has 2 aliphatic heterocycles. The maximum absolute atomic E-state index is 12.3. The van der Waals surface area contributed by atoms with Crippen LogP contribution in [0.1, 0.15) is 25.3 Å². The molecule has 0 aliphatic carbocycles. The summed E-state index contributed by atoms with van der Waals surface area (Å²) >= 11 is 0. The van der Waals surface area contributed by atoms with Gasteiger partial charge in [0.25, 0.3) is 0 Å². The van der Waals surface area contributed by atoms with Gasteiger partial charge >= 0.3 is 0 Å². The lowest BCUT2D eigenvalue weighted by atomic mass is 10.1. The van der Waals surface area contributed by atoms with Crippen LogP contribution in [0.4, 0.5) is 5.69 Å². The molecule has 8 heteroatoms. The summed E-state index contributed by atoms with van der Waals surface area (Å²) in [4.78, 5) is 26.3. The molecule has 1 aromatic rings. The van der Waals surface area contributed by atoms with E-state index in [1.165, 1.54) is 9.87 Å². The van der Waals surface area contributed by atoms with Crippen LogP contribution in [0.25, 0.3) is 0 Å². The predicted octanol–water partition coefficient (Wildman–Crippen LogP) is 0.754. The molecule has 0 aromatic heterocycles. The Bertz CT molecular complexity index is 776. The van der Waals surface area contributed by atoms with Crippen LogP contribution >= 0.6 is 0 Å². The molecule has 2 fully saturated rings. The molecule has 1 N–H and O–H groups in total. The smallest absolute Gasteiger partial charge is 0.227 e. The molecule has 0 saturated carbocycles. The predicted molar refractivity (Wildman–Crippen MR) is 99.3 cm³/mol. The fourth-order valence-corrected chi connectivity index (χ4v) is 4.96. The number of nitrogens with zero attached hydrogens (tertiary/aromatic N) is 2. The second kappa shape index (κ2) is 7.75. The van der Waals surface area contributed by atoms with Gasteiger partial charge in [0.1, 0.15) is 0 Å². The standard InChI is InChI=1S/C18H25N3O4S/c1-2-14-4-6-16(7-5-14)21-13-15(12-17(21)22)18(23)19-8-10-20-9-3-11-26(20,24)25/h4-7,15H,2-3,8-13H2,1H3,(H,19,23). The molecule has 142 valence electrons. The van der Waals surface area contributed by atoms with Crippen LogP contribution in [0, 0.1) is 5.92 Å². The van der Waals surface area contributed by atoms with E-state index in [2.05, 4.69) is 12.2 Å². The van der Waals surface area contributed by atoms with Crippen molar-refractivity contribution in [3.8, 4) is 0 Å². The quantitative estimate of drug-likeness (QED) is 0.790. The van der Waals surface area contributed by atoms with Crippen LogP contribution < -0.4 is 10.2 Å². The van der Waals surface area contributed by atoms with Gasteiger partial charge in [0.15, 0.2) is 0 Å². The average Bonchev–Trinajstić information content (AvgIpc) is 3.17. The molecule has 3 rings (SSSR count). The lowest BCUT2D eigenvalue weighted by Crippen LogP contribution is -2.39. The van der Waals surface area contributed by atoms with Crippen molar-refractivity contribution < 1.29 is 18.0 Å². The number of hydrogen-bond donors (Lipinski definition) is 1. The number of nitrogens with one attached hydrogen (secondary N) is 1. The number of carbonyl (C=O) groups is 2. The molecule has 2 saturated heterocycles. The van der Waals surface area contributed by atoms with Crippen molar-refractivity contribution in [3.05, 3.63) is 29.8 Å². The summed E-state index contributed by atoms with van der Waals surface area (Å²) in [5, 5.41) is 2.78. The van der Waals surface area contributed by atoms with Crippen LogP contribution in [-0.2, 0) is 26.0 Å². The molecule has 2 amide bonds. The van der Waals surface area contributed by atoms with Gasteiger partial charge in [-0.3, -0.25) is 9.59 Å². The topological polar surface area (TPSA) is 86.8 Å². The van der Waals surface area contributed by atoms with Gasteiger partial charge in [-0.25, -0.2) is 12.7 Å². The van der Waals surface area contributed by atoms with Gasteiger partial charge in [-0.05, 0) is 30.5 Å². The van der Waals surface area contributed by atoms with Gasteiger partial charge in [0.05, 0.1) is 11.7 Å². The highest BCUT2D eigenvalue weighted by Crippen LogP contribution is 2.25. The van der Waals surface area contributed by atoms with Gasteiger partial charge in [0, 0.05) is 38.3 Å². The number of hydrogen-bond acceptors (Lipinski definition) is 4.